The van der Waals surface area contributed by atoms with E-state index in [1.807, 2.05) is 0 Å². The third kappa shape index (κ3) is 2.52. The first-order chi connectivity index (χ1) is 8.20. The normalized spacial score (nSPS) is 30.8. The fourth-order valence-corrected chi connectivity index (χ4v) is 4.32. The summed E-state index contributed by atoms with van der Waals surface area (Å²) in [6.45, 7) is 3.31. The number of hydrogen-bond acceptors (Lipinski definition) is 1. The van der Waals surface area contributed by atoms with E-state index in [1.54, 1.807) is 0 Å². The molecule has 0 radical (unpaired) electrons. The summed E-state index contributed by atoms with van der Waals surface area (Å²) in [6, 6.07) is 6.57. The van der Waals surface area contributed by atoms with Gasteiger partial charge in [-0.3, -0.25) is 0 Å². The van der Waals surface area contributed by atoms with E-state index in [-0.39, 0.29) is 0 Å². The lowest BCUT2D eigenvalue weighted by Crippen LogP contribution is -2.20. The van der Waals surface area contributed by atoms with E-state index in [0.717, 1.165) is 24.3 Å². The van der Waals surface area contributed by atoms with Crippen molar-refractivity contribution in [2.75, 3.05) is 11.9 Å². The fraction of sp³-hybridized carbons (Fsp3) is 0.600. The van der Waals surface area contributed by atoms with Gasteiger partial charge in [-0.15, -0.1) is 0 Å². The van der Waals surface area contributed by atoms with Gasteiger partial charge in [0.05, 0.1) is 0 Å². The van der Waals surface area contributed by atoms with Crippen LogP contribution in [0.2, 0.25) is 0 Å². The topological polar surface area (TPSA) is 12.0 Å². The molecule has 92 valence electrons. The first-order valence-electron chi connectivity index (χ1n) is 6.72. The molecule has 3 unspecified atom stereocenters. The quantitative estimate of drug-likeness (QED) is 0.858. The summed E-state index contributed by atoms with van der Waals surface area (Å²) in [6.07, 6.45) is 5.94. The fourth-order valence-electron chi connectivity index (χ4n) is 3.71. The van der Waals surface area contributed by atoms with Gasteiger partial charge in [0.2, 0.25) is 0 Å². The average molecular weight is 294 g/mol. The van der Waals surface area contributed by atoms with Gasteiger partial charge in [-0.05, 0) is 67.7 Å². The van der Waals surface area contributed by atoms with Crippen LogP contribution in [0.15, 0.2) is 22.7 Å². The second kappa shape index (κ2) is 4.64. The summed E-state index contributed by atoms with van der Waals surface area (Å²) in [4.78, 5) is 0. The number of anilines is 1. The molecule has 0 aliphatic heterocycles. The Labute approximate surface area is 112 Å². The van der Waals surface area contributed by atoms with Crippen molar-refractivity contribution in [3.63, 3.8) is 0 Å². The van der Waals surface area contributed by atoms with Crippen LogP contribution in [0, 0.1) is 24.7 Å². The van der Waals surface area contributed by atoms with Crippen molar-refractivity contribution < 1.29 is 0 Å². The number of hydrogen-bond donors (Lipinski definition) is 1. The molecule has 1 aromatic rings. The molecule has 3 atom stereocenters. The Balaban J connectivity index is 1.60. The molecule has 2 aliphatic rings. The van der Waals surface area contributed by atoms with Crippen molar-refractivity contribution in [2.45, 2.75) is 32.6 Å². The third-order valence-electron chi connectivity index (χ3n) is 4.50. The molecule has 1 N–H and O–H groups in total. The maximum Gasteiger partial charge on any atom is 0.0354 e. The number of fused-ring (bicyclic) bond motifs is 2. The predicted molar refractivity (Wildman–Crippen MR) is 76.3 cm³/mol. The molecule has 17 heavy (non-hydrogen) atoms. The zero-order valence-electron chi connectivity index (χ0n) is 10.4. The first-order valence-corrected chi connectivity index (χ1v) is 7.51. The van der Waals surface area contributed by atoms with Crippen LogP contribution in [-0.2, 0) is 0 Å². The Morgan fingerprint density at radius 2 is 2.12 bits per heavy atom. The van der Waals surface area contributed by atoms with Crippen molar-refractivity contribution in [3.8, 4) is 0 Å². The Morgan fingerprint density at radius 1 is 1.24 bits per heavy atom. The Morgan fingerprint density at radius 3 is 2.76 bits per heavy atom. The largest absolute Gasteiger partial charge is 0.385 e. The smallest absolute Gasteiger partial charge is 0.0354 e. The van der Waals surface area contributed by atoms with Crippen LogP contribution in [-0.4, -0.2) is 6.54 Å². The maximum absolute atomic E-state index is 3.62. The first kappa shape index (κ1) is 11.6. The van der Waals surface area contributed by atoms with Crippen molar-refractivity contribution in [3.05, 3.63) is 28.2 Å². The summed E-state index contributed by atoms with van der Waals surface area (Å²) in [5, 5.41) is 3.62. The minimum atomic E-state index is 0.924. The summed E-state index contributed by atoms with van der Waals surface area (Å²) < 4.78 is 1.17. The molecule has 3 rings (SSSR count). The van der Waals surface area contributed by atoms with Crippen LogP contribution >= 0.6 is 15.9 Å². The van der Waals surface area contributed by atoms with Gasteiger partial charge in [0.15, 0.2) is 0 Å². The number of nitrogens with one attached hydrogen (secondary N) is 1. The zero-order valence-corrected chi connectivity index (χ0v) is 12.0. The summed E-state index contributed by atoms with van der Waals surface area (Å²) in [7, 11) is 0. The van der Waals surface area contributed by atoms with E-state index in [9.17, 15) is 0 Å². The van der Waals surface area contributed by atoms with Gasteiger partial charge in [-0.2, -0.15) is 0 Å². The Kier molecular flexibility index (Phi) is 3.16. The molecule has 0 aromatic heterocycles. The maximum atomic E-state index is 3.62. The van der Waals surface area contributed by atoms with Crippen LogP contribution in [0.25, 0.3) is 0 Å². The van der Waals surface area contributed by atoms with E-state index in [0.29, 0.717) is 0 Å². The molecule has 2 heteroatoms. The van der Waals surface area contributed by atoms with E-state index in [2.05, 4.69) is 46.4 Å². The predicted octanol–water partition coefficient (Wildman–Crippen LogP) is 4.61. The van der Waals surface area contributed by atoms with Gasteiger partial charge < -0.3 is 5.32 Å². The van der Waals surface area contributed by atoms with Gasteiger partial charge in [0.1, 0.15) is 0 Å². The molecule has 1 nitrogen and oxygen atoms in total. The molecule has 0 amide bonds. The molecule has 0 saturated heterocycles. The van der Waals surface area contributed by atoms with Gasteiger partial charge >= 0.3 is 0 Å². The zero-order chi connectivity index (χ0) is 11.8. The molecule has 2 saturated carbocycles. The van der Waals surface area contributed by atoms with Crippen LogP contribution in [0.4, 0.5) is 5.69 Å². The van der Waals surface area contributed by atoms with Crippen molar-refractivity contribution in [2.24, 2.45) is 17.8 Å². The van der Waals surface area contributed by atoms with E-state index in [1.165, 1.54) is 41.4 Å². The molecule has 1 aromatic carbocycles. The summed E-state index contributed by atoms with van der Waals surface area (Å²) >= 11 is 3.56. The van der Waals surface area contributed by atoms with Gasteiger partial charge in [-0.1, -0.05) is 22.4 Å². The van der Waals surface area contributed by atoms with Gasteiger partial charge in [-0.25, -0.2) is 0 Å². The van der Waals surface area contributed by atoms with E-state index in [4.69, 9.17) is 0 Å². The third-order valence-corrected chi connectivity index (χ3v) is 4.95. The highest BCUT2D eigenvalue weighted by molar-refractivity contribution is 9.10. The van der Waals surface area contributed by atoms with Gasteiger partial charge in [0.25, 0.3) is 0 Å². The van der Waals surface area contributed by atoms with Gasteiger partial charge in [0, 0.05) is 16.7 Å². The highest BCUT2D eigenvalue weighted by atomic mass is 79.9. The molecule has 2 fully saturated rings. The van der Waals surface area contributed by atoms with E-state index >= 15 is 0 Å². The highest BCUT2D eigenvalue weighted by Crippen LogP contribution is 2.48. The molecule has 2 bridgehead atoms. The highest BCUT2D eigenvalue weighted by Gasteiger charge is 2.38. The monoisotopic (exact) mass is 293 g/mol. The molecular weight excluding hydrogens is 274 g/mol. The summed E-state index contributed by atoms with van der Waals surface area (Å²) in [5.74, 6) is 2.99. The Hall–Kier alpha value is -0.500. The standard InChI is InChI=1S/C15H20BrN/c1-10-4-14(16)8-15(5-10)17-9-13-7-11-2-3-12(13)6-11/h4-5,8,11-13,17H,2-3,6-7,9H2,1H3. The minimum Gasteiger partial charge on any atom is -0.385 e. The molecule has 2 aliphatic carbocycles. The summed E-state index contributed by atoms with van der Waals surface area (Å²) in [5.41, 5.74) is 2.58. The second-order valence-corrected chi connectivity index (χ2v) is 6.75. The average Bonchev–Trinajstić information content (AvgIpc) is 2.86. The van der Waals surface area contributed by atoms with Crippen LogP contribution < -0.4 is 5.32 Å². The number of aryl methyl sites for hydroxylation is 1. The lowest BCUT2D eigenvalue weighted by Gasteiger charge is -2.22. The number of benzene rings is 1. The molecule has 0 spiro atoms. The molecular formula is C15H20BrN. The SMILES string of the molecule is Cc1cc(Br)cc(NCC2CC3CCC2C3)c1. The minimum absolute atomic E-state index is 0.924. The van der Waals surface area contributed by atoms with Crippen LogP contribution in [0.1, 0.15) is 31.2 Å². The van der Waals surface area contributed by atoms with Crippen molar-refractivity contribution in [1.82, 2.24) is 0 Å². The molecule has 0 heterocycles. The lowest BCUT2D eigenvalue weighted by molar-refractivity contribution is 0.348. The number of halogens is 1. The lowest BCUT2D eigenvalue weighted by atomic mass is 9.89. The second-order valence-electron chi connectivity index (χ2n) is 5.83. The van der Waals surface area contributed by atoms with Crippen LogP contribution in [0.3, 0.4) is 0 Å². The van der Waals surface area contributed by atoms with Crippen LogP contribution in [0.5, 0.6) is 0 Å². The van der Waals surface area contributed by atoms with Crippen molar-refractivity contribution >= 4 is 21.6 Å². The Bertz CT molecular complexity index is 395. The van der Waals surface area contributed by atoms with Crippen molar-refractivity contribution in [1.29, 1.82) is 0 Å². The number of rotatable bonds is 3. The van der Waals surface area contributed by atoms with E-state index < -0.39 is 0 Å².